The van der Waals surface area contributed by atoms with Crippen LogP contribution in [0.4, 0.5) is 0 Å². The van der Waals surface area contributed by atoms with E-state index < -0.39 is 24.0 Å². The number of carboxylic acids is 1. The number of carbonyl (C=O) groups is 2. The monoisotopic (exact) mass is 216 g/mol. The summed E-state index contributed by atoms with van der Waals surface area (Å²) in [5, 5.41) is 11.2. The second-order valence-electron chi connectivity index (χ2n) is 3.72. The maximum absolute atomic E-state index is 11.5. The Morgan fingerprint density at radius 3 is 2.20 bits per heavy atom. The molecule has 0 aliphatic heterocycles. The minimum Gasteiger partial charge on any atom is -0.480 e. The number of carboxylic acid groups (broad SMARTS) is 1. The molecule has 0 bridgehead atoms. The fraction of sp³-hybridized carbons (Fsp3) is 0.800. The summed E-state index contributed by atoms with van der Waals surface area (Å²) >= 11 is 0. The lowest BCUT2D eigenvalue weighted by Crippen LogP contribution is -2.50. The van der Waals surface area contributed by atoms with Crippen LogP contribution >= 0.6 is 0 Å². The van der Waals surface area contributed by atoms with Crippen molar-refractivity contribution in [3.63, 3.8) is 0 Å². The Hall–Kier alpha value is -1.10. The van der Waals surface area contributed by atoms with Crippen molar-refractivity contribution in [2.24, 2.45) is 11.7 Å². The van der Waals surface area contributed by atoms with Gasteiger partial charge >= 0.3 is 5.97 Å². The second kappa shape index (κ2) is 6.40. The summed E-state index contributed by atoms with van der Waals surface area (Å²) < 4.78 is 0. The molecule has 0 aliphatic carbocycles. The van der Waals surface area contributed by atoms with E-state index in [4.69, 9.17) is 10.8 Å². The summed E-state index contributed by atoms with van der Waals surface area (Å²) in [5.74, 6) is -1.36. The Morgan fingerprint density at radius 1 is 1.33 bits per heavy atom. The van der Waals surface area contributed by atoms with Crippen molar-refractivity contribution in [2.45, 2.75) is 45.7 Å². The lowest BCUT2D eigenvalue weighted by atomic mass is 9.99. The first-order chi connectivity index (χ1) is 6.93. The van der Waals surface area contributed by atoms with Crippen LogP contribution in [0.2, 0.25) is 0 Å². The number of hydrogen-bond acceptors (Lipinski definition) is 3. The van der Waals surface area contributed by atoms with Crippen molar-refractivity contribution < 1.29 is 14.7 Å². The Balaban J connectivity index is 4.28. The molecule has 0 aromatic heterocycles. The zero-order chi connectivity index (χ0) is 12.0. The molecular formula is C10H20N2O3. The van der Waals surface area contributed by atoms with E-state index in [0.717, 1.165) is 6.42 Å². The molecule has 1 unspecified atom stereocenters. The van der Waals surface area contributed by atoms with Gasteiger partial charge in [-0.3, -0.25) is 4.79 Å². The van der Waals surface area contributed by atoms with Crippen molar-refractivity contribution in [3.8, 4) is 0 Å². The molecule has 0 spiro atoms. The summed E-state index contributed by atoms with van der Waals surface area (Å²) in [6.45, 7) is 5.51. The number of rotatable bonds is 6. The molecule has 5 nitrogen and oxygen atoms in total. The quantitative estimate of drug-likeness (QED) is 0.597. The van der Waals surface area contributed by atoms with Gasteiger partial charge in [-0.2, -0.15) is 0 Å². The van der Waals surface area contributed by atoms with Crippen molar-refractivity contribution in [2.75, 3.05) is 0 Å². The fourth-order valence-electron chi connectivity index (χ4n) is 1.12. The number of amides is 1. The molecule has 88 valence electrons. The Bertz CT molecular complexity index is 231. The van der Waals surface area contributed by atoms with Gasteiger partial charge in [0.1, 0.15) is 6.04 Å². The molecule has 4 N–H and O–H groups in total. The SMILES string of the molecule is CCC(NC(=O)[C@@H](N)[C@@H](C)CC)C(=O)O. The highest BCUT2D eigenvalue weighted by Crippen LogP contribution is 2.05. The molecule has 0 saturated carbocycles. The van der Waals surface area contributed by atoms with Crippen molar-refractivity contribution in [1.82, 2.24) is 5.32 Å². The van der Waals surface area contributed by atoms with Crippen LogP contribution < -0.4 is 11.1 Å². The molecule has 0 aromatic carbocycles. The van der Waals surface area contributed by atoms with Gasteiger partial charge in [-0.05, 0) is 12.3 Å². The zero-order valence-corrected chi connectivity index (χ0v) is 9.49. The standard InChI is InChI=1S/C10H20N2O3/c1-4-6(3)8(11)9(13)12-7(5-2)10(14)15/h6-8H,4-5,11H2,1-3H3,(H,12,13)(H,14,15)/t6-,7?,8-/m0/s1. The summed E-state index contributed by atoms with van der Waals surface area (Å²) in [4.78, 5) is 22.2. The first kappa shape index (κ1) is 13.9. The molecular weight excluding hydrogens is 196 g/mol. The van der Waals surface area contributed by atoms with Crippen LogP contribution in [-0.4, -0.2) is 29.1 Å². The molecule has 0 fully saturated rings. The Labute approximate surface area is 90.0 Å². The fourth-order valence-corrected chi connectivity index (χ4v) is 1.12. The van der Waals surface area contributed by atoms with Crippen molar-refractivity contribution >= 4 is 11.9 Å². The van der Waals surface area contributed by atoms with Gasteiger partial charge in [0.05, 0.1) is 6.04 Å². The Kier molecular flexibility index (Phi) is 5.93. The molecule has 15 heavy (non-hydrogen) atoms. The van der Waals surface area contributed by atoms with Gasteiger partial charge in [0.2, 0.25) is 5.91 Å². The minimum atomic E-state index is -1.03. The molecule has 1 amide bonds. The maximum Gasteiger partial charge on any atom is 0.326 e. The van der Waals surface area contributed by atoms with E-state index in [9.17, 15) is 9.59 Å². The van der Waals surface area contributed by atoms with E-state index in [0.29, 0.717) is 6.42 Å². The number of carbonyl (C=O) groups excluding carboxylic acids is 1. The van der Waals surface area contributed by atoms with Gasteiger partial charge in [0.15, 0.2) is 0 Å². The number of aliphatic carboxylic acids is 1. The normalized spacial score (nSPS) is 16.5. The van der Waals surface area contributed by atoms with E-state index in [1.54, 1.807) is 6.92 Å². The highest BCUT2D eigenvalue weighted by atomic mass is 16.4. The average molecular weight is 216 g/mol. The third kappa shape index (κ3) is 4.29. The van der Waals surface area contributed by atoms with Crippen LogP contribution in [-0.2, 0) is 9.59 Å². The Morgan fingerprint density at radius 2 is 1.87 bits per heavy atom. The van der Waals surface area contributed by atoms with Crippen molar-refractivity contribution in [1.29, 1.82) is 0 Å². The lowest BCUT2D eigenvalue weighted by Gasteiger charge is -2.20. The third-order valence-electron chi connectivity index (χ3n) is 2.58. The van der Waals surface area contributed by atoms with E-state index in [1.807, 2.05) is 13.8 Å². The molecule has 3 atom stereocenters. The minimum absolute atomic E-state index is 0.0521. The molecule has 0 radical (unpaired) electrons. The van der Waals surface area contributed by atoms with E-state index >= 15 is 0 Å². The maximum atomic E-state index is 11.5. The lowest BCUT2D eigenvalue weighted by molar-refractivity contribution is -0.142. The summed E-state index contributed by atoms with van der Waals surface area (Å²) in [5.41, 5.74) is 5.67. The second-order valence-corrected chi connectivity index (χ2v) is 3.72. The van der Waals surface area contributed by atoms with Gasteiger partial charge in [-0.1, -0.05) is 27.2 Å². The summed E-state index contributed by atoms with van der Waals surface area (Å²) in [6.07, 6.45) is 1.15. The van der Waals surface area contributed by atoms with Gasteiger partial charge in [0, 0.05) is 0 Å². The highest BCUT2D eigenvalue weighted by molar-refractivity contribution is 5.86. The summed E-state index contributed by atoms with van der Waals surface area (Å²) in [7, 11) is 0. The van der Waals surface area contributed by atoms with Crippen LogP contribution in [0.5, 0.6) is 0 Å². The molecule has 0 saturated heterocycles. The van der Waals surface area contributed by atoms with Gasteiger partial charge in [-0.15, -0.1) is 0 Å². The first-order valence-corrected chi connectivity index (χ1v) is 5.22. The van der Waals surface area contributed by atoms with Crippen LogP contribution in [0.1, 0.15) is 33.6 Å². The molecule has 5 heteroatoms. The molecule has 0 rings (SSSR count). The molecule has 0 aliphatic rings. The number of nitrogens with one attached hydrogen (secondary N) is 1. The summed E-state index contributed by atoms with van der Waals surface area (Å²) in [6, 6.07) is -1.48. The van der Waals surface area contributed by atoms with E-state index in [1.165, 1.54) is 0 Å². The predicted octanol–water partition coefficient (Wildman–Crippen LogP) is 0.339. The van der Waals surface area contributed by atoms with Crippen LogP contribution in [0.3, 0.4) is 0 Å². The van der Waals surface area contributed by atoms with Gasteiger partial charge in [-0.25, -0.2) is 4.79 Å². The van der Waals surface area contributed by atoms with Crippen LogP contribution in [0.25, 0.3) is 0 Å². The van der Waals surface area contributed by atoms with Gasteiger partial charge in [0.25, 0.3) is 0 Å². The third-order valence-corrected chi connectivity index (χ3v) is 2.58. The smallest absolute Gasteiger partial charge is 0.326 e. The predicted molar refractivity (Wildman–Crippen MR) is 57.3 cm³/mol. The number of nitrogens with two attached hydrogens (primary N) is 1. The first-order valence-electron chi connectivity index (χ1n) is 5.22. The van der Waals surface area contributed by atoms with Crippen LogP contribution in [0.15, 0.2) is 0 Å². The largest absolute Gasteiger partial charge is 0.480 e. The van der Waals surface area contributed by atoms with Crippen LogP contribution in [0, 0.1) is 5.92 Å². The van der Waals surface area contributed by atoms with E-state index in [2.05, 4.69) is 5.32 Å². The topological polar surface area (TPSA) is 92.4 Å². The zero-order valence-electron chi connectivity index (χ0n) is 9.49. The average Bonchev–Trinajstić information content (AvgIpc) is 2.22. The highest BCUT2D eigenvalue weighted by Gasteiger charge is 2.24. The molecule has 0 heterocycles. The van der Waals surface area contributed by atoms with Gasteiger partial charge < -0.3 is 16.2 Å². The van der Waals surface area contributed by atoms with Crippen molar-refractivity contribution in [3.05, 3.63) is 0 Å². The van der Waals surface area contributed by atoms with E-state index in [-0.39, 0.29) is 5.92 Å². The number of hydrogen-bond donors (Lipinski definition) is 3. The molecule has 0 aromatic rings.